The number of aromatic nitrogens is 1. The molecule has 0 saturated carbocycles. The molecule has 0 spiro atoms. The van der Waals surface area contributed by atoms with Crippen molar-refractivity contribution in [3.05, 3.63) is 107 Å². The van der Waals surface area contributed by atoms with Crippen LogP contribution in [0, 0.1) is 0 Å². The lowest BCUT2D eigenvalue weighted by molar-refractivity contribution is -0.152. The van der Waals surface area contributed by atoms with E-state index in [0.717, 1.165) is 34.4 Å². The molecule has 1 amide bonds. The summed E-state index contributed by atoms with van der Waals surface area (Å²) in [5.74, 6) is -0.269. The number of β-lactam (4-membered cyclic amide) rings is 1. The average Bonchev–Trinajstić information content (AvgIpc) is 2.91. The first-order chi connectivity index (χ1) is 16.6. The van der Waals surface area contributed by atoms with Crippen molar-refractivity contribution in [2.24, 2.45) is 5.73 Å². The summed E-state index contributed by atoms with van der Waals surface area (Å²) >= 11 is 1.56. The number of hydrogen-bond acceptors (Lipinski definition) is 6. The maximum atomic E-state index is 13.8. The average molecular weight is 472 g/mol. The number of benzene rings is 2. The number of carbonyl (C=O) groups excluding carboxylic acids is 2. The Labute approximate surface area is 202 Å². The predicted octanol–water partition coefficient (Wildman–Crippen LogP) is 3.93. The maximum Gasteiger partial charge on any atom is 0.356 e. The largest absolute Gasteiger partial charge is 0.448 e. The number of esters is 1. The van der Waals surface area contributed by atoms with Crippen molar-refractivity contribution in [3.63, 3.8) is 0 Å². The minimum Gasteiger partial charge on any atom is -0.448 e. The second kappa shape index (κ2) is 9.44. The van der Waals surface area contributed by atoms with Gasteiger partial charge in [0.15, 0.2) is 6.10 Å². The molecule has 2 N–H and O–H groups in total. The first kappa shape index (κ1) is 22.4. The van der Waals surface area contributed by atoms with Crippen molar-refractivity contribution in [2.45, 2.75) is 30.9 Å². The first-order valence-corrected chi connectivity index (χ1v) is 12.3. The number of carbonyl (C=O) groups is 2. The van der Waals surface area contributed by atoms with Crippen molar-refractivity contribution >= 4 is 29.2 Å². The molecule has 7 heteroatoms. The summed E-state index contributed by atoms with van der Waals surface area (Å²) < 4.78 is 6.13. The molecule has 2 aliphatic rings. The van der Waals surface area contributed by atoms with E-state index in [9.17, 15) is 9.59 Å². The van der Waals surface area contributed by atoms with Crippen LogP contribution in [0.2, 0.25) is 0 Å². The molecular weight excluding hydrogens is 446 g/mol. The van der Waals surface area contributed by atoms with E-state index in [-0.39, 0.29) is 17.0 Å². The smallest absolute Gasteiger partial charge is 0.356 e. The summed E-state index contributed by atoms with van der Waals surface area (Å²) in [7, 11) is 0. The third-order valence-corrected chi connectivity index (χ3v) is 7.47. The summed E-state index contributed by atoms with van der Waals surface area (Å²) in [5, 5.41) is -0.270. The van der Waals surface area contributed by atoms with Crippen molar-refractivity contribution < 1.29 is 14.3 Å². The molecule has 2 aromatic carbocycles. The van der Waals surface area contributed by atoms with Crippen LogP contribution >= 0.6 is 11.8 Å². The van der Waals surface area contributed by atoms with Gasteiger partial charge >= 0.3 is 5.97 Å². The van der Waals surface area contributed by atoms with Gasteiger partial charge in [0.2, 0.25) is 5.91 Å². The molecule has 3 aromatic rings. The lowest BCUT2D eigenvalue weighted by Gasteiger charge is -2.48. The van der Waals surface area contributed by atoms with Crippen LogP contribution in [0.25, 0.3) is 5.57 Å². The molecule has 2 atom stereocenters. The number of fused-ring (bicyclic) bond motifs is 1. The van der Waals surface area contributed by atoms with E-state index in [0.29, 0.717) is 5.75 Å². The van der Waals surface area contributed by atoms with Crippen LogP contribution in [-0.2, 0) is 20.7 Å². The molecule has 0 radical (unpaired) electrons. The van der Waals surface area contributed by atoms with E-state index in [4.69, 9.17) is 10.5 Å². The number of hydrogen-bond donors (Lipinski definition) is 1. The molecule has 0 bridgehead atoms. The minimum absolute atomic E-state index is 0.262. The fourth-order valence-corrected chi connectivity index (χ4v) is 5.61. The standard InChI is InChI=1S/C27H25N3O3S/c1-2-20-14-13-19(15-29-20)21-16-34-26-22(28)25(31)30(26)23(21)27(32)33-24(17-9-5-3-6-10-17)18-11-7-4-8-12-18/h3-15,22,24,26H,2,16,28H2,1H3/t22-,26-/m1/s1. The Bertz CT molecular complexity index is 1190. The number of nitrogens with zero attached hydrogens (tertiary/aromatic N) is 2. The Balaban J connectivity index is 1.56. The zero-order chi connectivity index (χ0) is 23.7. The number of ether oxygens (including phenoxy) is 1. The van der Waals surface area contributed by atoms with E-state index >= 15 is 0 Å². The van der Waals surface area contributed by atoms with Crippen LogP contribution in [0.5, 0.6) is 0 Å². The lowest BCUT2D eigenvalue weighted by Crippen LogP contribution is -2.68. The van der Waals surface area contributed by atoms with E-state index in [1.807, 2.05) is 79.7 Å². The number of rotatable bonds is 6. The molecule has 6 nitrogen and oxygen atoms in total. The molecule has 2 aliphatic heterocycles. The summed E-state index contributed by atoms with van der Waals surface area (Å²) in [6.45, 7) is 2.04. The van der Waals surface area contributed by atoms with E-state index in [1.165, 1.54) is 4.90 Å². The molecule has 1 saturated heterocycles. The van der Waals surface area contributed by atoms with Crippen molar-refractivity contribution in [3.8, 4) is 0 Å². The van der Waals surface area contributed by atoms with Crippen LogP contribution in [-0.4, -0.2) is 38.9 Å². The highest BCUT2D eigenvalue weighted by Gasteiger charge is 2.52. The van der Waals surface area contributed by atoms with Gasteiger partial charge in [-0.15, -0.1) is 11.8 Å². The van der Waals surface area contributed by atoms with Crippen LogP contribution in [0.4, 0.5) is 0 Å². The second-order valence-electron chi connectivity index (χ2n) is 8.26. The molecule has 0 unspecified atom stereocenters. The van der Waals surface area contributed by atoms with Gasteiger partial charge in [-0.2, -0.15) is 0 Å². The van der Waals surface area contributed by atoms with Crippen LogP contribution in [0.15, 0.2) is 84.7 Å². The Morgan fingerprint density at radius 1 is 1.09 bits per heavy atom. The normalized spacial score (nSPS) is 19.6. The van der Waals surface area contributed by atoms with Gasteiger partial charge in [-0.25, -0.2) is 4.79 Å². The van der Waals surface area contributed by atoms with Gasteiger partial charge in [0.1, 0.15) is 17.1 Å². The van der Waals surface area contributed by atoms with Gasteiger partial charge in [-0.05, 0) is 29.2 Å². The third-order valence-electron chi connectivity index (χ3n) is 6.17. The van der Waals surface area contributed by atoms with E-state index < -0.39 is 18.1 Å². The summed E-state index contributed by atoms with van der Waals surface area (Å²) in [6, 6.07) is 22.5. The Morgan fingerprint density at radius 2 is 1.74 bits per heavy atom. The molecule has 5 rings (SSSR count). The van der Waals surface area contributed by atoms with Gasteiger partial charge in [0.05, 0.1) is 0 Å². The van der Waals surface area contributed by atoms with E-state index in [1.54, 1.807) is 18.0 Å². The Hall–Kier alpha value is -3.42. The monoisotopic (exact) mass is 471 g/mol. The highest BCUT2D eigenvalue weighted by molar-refractivity contribution is 8.00. The predicted molar refractivity (Wildman–Crippen MR) is 132 cm³/mol. The first-order valence-electron chi connectivity index (χ1n) is 11.3. The zero-order valence-corrected chi connectivity index (χ0v) is 19.6. The van der Waals surface area contributed by atoms with Crippen molar-refractivity contribution in [1.82, 2.24) is 9.88 Å². The van der Waals surface area contributed by atoms with Gasteiger partial charge in [0.25, 0.3) is 0 Å². The quantitative estimate of drug-likeness (QED) is 0.433. The number of aryl methyl sites for hydroxylation is 1. The highest BCUT2D eigenvalue weighted by atomic mass is 32.2. The summed E-state index contributed by atoms with van der Waals surface area (Å²) in [6.07, 6.45) is 1.97. The second-order valence-corrected chi connectivity index (χ2v) is 9.37. The summed E-state index contributed by atoms with van der Waals surface area (Å²) in [5.41, 5.74) is 10.5. The molecule has 172 valence electrons. The van der Waals surface area contributed by atoms with Gasteiger partial charge in [-0.1, -0.05) is 73.7 Å². The molecule has 1 fully saturated rings. The fraction of sp³-hybridized carbons (Fsp3) is 0.222. The minimum atomic E-state index is -0.617. The van der Waals surface area contributed by atoms with Crippen LogP contribution < -0.4 is 5.73 Å². The van der Waals surface area contributed by atoms with Gasteiger partial charge in [-0.3, -0.25) is 14.7 Å². The van der Waals surface area contributed by atoms with Crippen LogP contribution in [0.1, 0.15) is 35.4 Å². The Kier molecular flexibility index (Phi) is 6.22. The molecule has 3 heterocycles. The summed E-state index contributed by atoms with van der Waals surface area (Å²) in [4.78, 5) is 32.5. The zero-order valence-electron chi connectivity index (χ0n) is 18.8. The number of pyridine rings is 1. The van der Waals surface area contributed by atoms with Crippen molar-refractivity contribution in [2.75, 3.05) is 5.75 Å². The number of amides is 1. The van der Waals surface area contributed by atoms with E-state index in [2.05, 4.69) is 4.98 Å². The topological polar surface area (TPSA) is 85.5 Å². The molecule has 1 aromatic heterocycles. The molecule has 34 heavy (non-hydrogen) atoms. The highest BCUT2D eigenvalue weighted by Crippen LogP contribution is 2.43. The van der Waals surface area contributed by atoms with Crippen molar-refractivity contribution in [1.29, 1.82) is 0 Å². The molecule has 0 aliphatic carbocycles. The molecular formula is C27H25N3O3S. The maximum absolute atomic E-state index is 13.8. The lowest BCUT2D eigenvalue weighted by atomic mass is 9.99. The number of nitrogens with two attached hydrogens (primary N) is 1. The SMILES string of the molecule is CCc1ccc(C2=C(C(=O)OC(c3ccccc3)c3ccccc3)N3C(=O)[C@@H](N)[C@H]3SC2)cn1. The number of thioether (sulfide) groups is 1. The third kappa shape index (κ3) is 4.02. The van der Waals surface area contributed by atoms with Crippen LogP contribution in [0.3, 0.4) is 0 Å². The van der Waals surface area contributed by atoms with Gasteiger partial charge < -0.3 is 10.5 Å². The fourth-order valence-electron chi connectivity index (χ4n) is 4.29. The van der Waals surface area contributed by atoms with Gasteiger partial charge in [0, 0.05) is 23.2 Å². The Morgan fingerprint density at radius 3 is 2.29 bits per heavy atom.